The second kappa shape index (κ2) is 7.45. The van der Waals surface area contributed by atoms with Gasteiger partial charge < -0.3 is 10.1 Å². The third-order valence-corrected chi connectivity index (χ3v) is 2.96. The van der Waals surface area contributed by atoms with Crippen molar-refractivity contribution in [3.63, 3.8) is 0 Å². The molecule has 8 heteroatoms. The number of ether oxygens (including phenoxy) is 1. The van der Waals surface area contributed by atoms with E-state index in [9.17, 15) is 22.8 Å². The summed E-state index contributed by atoms with van der Waals surface area (Å²) in [6, 6.07) is 1.25. The van der Waals surface area contributed by atoms with Gasteiger partial charge in [0.1, 0.15) is 29.1 Å². The lowest BCUT2D eigenvalue weighted by molar-refractivity contribution is -0.144. The van der Waals surface area contributed by atoms with Crippen molar-refractivity contribution >= 4 is 11.9 Å². The van der Waals surface area contributed by atoms with Crippen molar-refractivity contribution in [1.29, 1.82) is 5.26 Å². The maximum atomic E-state index is 13.5. The summed E-state index contributed by atoms with van der Waals surface area (Å²) >= 11 is 0. The Morgan fingerprint density at radius 2 is 1.86 bits per heavy atom. The lowest BCUT2D eigenvalue weighted by Crippen LogP contribution is -2.46. The Bertz CT molecular complexity index is 605. The van der Waals surface area contributed by atoms with Crippen LogP contribution in [0.25, 0.3) is 0 Å². The Labute approximate surface area is 124 Å². The number of amides is 1. The average Bonchev–Trinajstić information content (AvgIpc) is 2.43. The van der Waals surface area contributed by atoms with Gasteiger partial charge in [-0.3, -0.25) is 4.79 Å². The molecule has 0 saturated carbocycles. The molecule has 22 heavy (non-hydrogen) atoms. The Morgan fingerprint density at radius 3 is 2.32 bits per heavy atom. The number of rotatable bonds is 5. The highest BCUT2D eigenvalue weighted by molar-refractivity contribution is 5.97. The lowest BCUT2D eigenvalue weighted by Gasteiger charge is -2.21. The van der Waals surface area contributed by atoms with Crippen molar-refractivity contribution in [2.24, 2.45) is 5.92 Å². The summed E-state index contributed by atoms with van der Waals surface area (Å²) in [6.45, 7) is 1.49. The van der Waals surface area contributed by atoms with Crippen LogP contribution < -0.4 is 5.32 Å². The zero-order valence-corrected chi connectivity index (χ0v) is 11.8. The summed E-state index contributed by atoms with van der Waals surface area (Å²) in [7, 11) is 1.07. The third-order valence-electron chi connectivity index (χ3n) is 2.96. The molecule has 118 valence electrons. The van der Waals surface area contributed by atoms with E-state index in [1.165, 1.54) is 6.92 Å². The molecular formula is C14H13F3N2O3. The predicted molar refractivity (Wildman–Crippen MR) is 69.0 cm³/mol. The Hall–Kier alpha value is -2.56. The minimum Gasteiger partial charge on any atom is -0.467 e. The van der Waals surface area contributed by atoms with E-state index in [2.05, 4.69) is 10.1 Å². The number of nitriles is 1. The summed E-state index contributed by atoms with van der Waals surface area (Å²) in [4.78, 5) is 23.6. The smallest absolute Gasteiger partial charge is 0.328 e. The number of hydrogen-bond acceptors (Lipinski definition) is 4. The average molecular weight is 314 g/mol. The molecule has 0 unspecified atom stereocenters. The Balaban J connectivity index is 3.07. The minimum absolute atomic E-state index is 0.0889. The third kappa shape index (κ3) is 3.97. The van der Waals surface area contributed by atoms with Crippen LogP contribution in [0, 0.1) is 34.7 Å². The van der Waals surface area contributed by atoms with Crippen molar-refractivity contribution in [2.75, 3.05) is 7.11 Å². The fraction of sp³-hybridized carbons (Fsp3) is 0.357. The molecule has 0 spiro atoms. The van der Waals surface area contributed by atoms with Crippen LogP contribution in [0.5, 0.6) is 0 Å². The van der Waals surface area contributed by atoms with Gasteiger partial charge in [0.2, 0.25) is 0 Å². The van der Waals surface area contributed by atoms with Gasteiger partial charge in [0.15, 0.2) is 0 Å². The fourth-order valence-electron chi connectivity index (χ4n) is 1.79. The number of methoxy groups -OCH3 is 1. The second-order valence-corrected chi connectivity index (χ2v) is 4.56. The SMILES string of the molecule is COC(=O)[C@H](NC(=O)c1c(F)cc(F)cc1F)[C@H](C)CC#N. The van der Waals surface area contributed by atoms with E-state index >= 15 is 0 Å². The Morgan fingerprint density at radius 1 is 1.32 bits per heavy atom. The molecule has 1 aromatic rings. The summed E-state index contributed by atoms with van der Waals surface area (Å²) in [5.41, 5.74) is -1.01. The molecule has 1 N–H and O–H groups in total. The highest BCUT2D eigenvalue weighted by Gasteiger charge is 2.30. The summed E-state index contributed by atoms with van der Waals surface area (Å²) in [5, 5.41) is 10.7. The first kappa shape index (κ1) is 17.5. The van der Waals surface area contributed by atoms with Gasteiger partial charge in [-0.1, -0.05) is 6.92 Å². The fourth-order valence-corrected chi connectivity index (χ4v) is 1.79. The lowest BCUT2D eigenvalue weighted by atomic mass is 9.98. The zero-order valence-electron chi connectivity index (χ0n) is 11.8. The monoisotopic (exact) mass is 314 g/mol. The van der Waals surface area contributed by atoms with E-state index in [1.54, 1.807) is 0 Å². The topological polar surface area (TPSA) is 79.2 Å². The number of halogens is 3. The van der Waals surface area contributed by atoms with Gasteiger partial charge in [-0.25, -0.2) is 18.0 Å². The number of nitrogens with one attached hydrogen (secondary N) is 1. The van der Waals surface area contributed by atoms with E-state index in [0.717, 1.165) is 7.11 Å². The molecular weight excluding hydrogens is 301 g/mol. The van der Waals surface area contributed by atoms with Crippen LogP contribution in [0.2, 0.25) is 0 Å². The minimum atomic E-state index is -1.40. The van der Waals surface area contributed by atoms with Crippen LogP contribution >= 0.6 is 0 Å². The van der Waals surface area contributed by atoms with Crippen LogP contribution in [0.3, 0.4) is 0 Å². The van der Waals surface area contributed by atoms with Crippen LogP contribution in [0.15, 0.2) is 12.1 Å². The molecule has 0 heterocycles. The maximum absolute atomic E-state index is 13.5. The molecule has 5 nitrogen and oxygen atoms in total. The molecule has 0 saturated heterocycles. The molecule has 0 fully saturated rings. The molecule has 2 atom stereocenters. The Kier molecular flexibility index (Phi) is 5.92. The second-order valence-electron chi connectivity index (χ2n) is 4.56. The molecule has 0 radical (unpaired) electrons. The number of carbonyl (C=O) groups is 2. The predicted octanol–water partition coefficient (Wildman–Crippen LogP) is 1.93. The molecule has 0 aliphatic rings. The van der Waals surface area contributed by atoms with E-state index in [4.69, 9.17) is 5.26 Å². The number of nitrogens with zero attached hydrogens (tertiary/aromatic N) is 1. The van der Waals surface area contributed by atoms with Gasteiger partial charge in [-0.2, -0.15) is 5.26 Å². The van der Waals surface area contributed by atoms with E-state index < -0.39 is 46.9 Å². The first-order valence-corrected chi connectivity index (χ1v) is 6.22. The first-order chi connectivity index (χ1) is 10.3. The van der Waals surface area contributed by atoms with Crippen molar-refractivity contribution in [1.82, 2.24) is 5.32 Å². The van der Waals surface area contributed by atoms with Gasteiger partial charge in [0.25, 0.3) is 5.91 Å². The maximum Gasteiger partial charge on any atom is 0.328 e. The highest BCUT2D eigenvalue weighted by atomic mass is 19.1. The number of esters is 1. The van der Waals surface area contributed by atoms with Crippen molar-refractivity contribution < 1.29 is 27.5 Å². The molecule has 1 amide bonds. The summed E-state index contributed by atoms with van der Waals surface area (Å²) < 4.78 is 44.4. The van der Waals surface area contributed by atoms with Gasteiger partial charge in [-0.15, -0.1) is 0 Å². The normalized spacial score (nSPS) is 12.9. The van der Waals surface area contributed by atoms with Crippen LogP contribution in [0.4, 0.5) is 13.2 Å². The molecule has 1 aromatic carbocycles. The molecule has 0 aliphatic carbocycles. The van der Waals surface area contributed by atoms with E-state index in [0.29, 0.717) is 12.1 Å². The molecule has 1 rings (SSSR count). The number of hydrogen-bond donors (Lipinski definition) is 1. The van der Waals surface area contributed by atoms with Gasteiger partial charge in [0.05, 0.1) is 13.2 Å². The van der Waals surface area contributed by atoms with Crippen molar-refractivity contribution in [2.45, 2.75) is 19.4 Å². The largest absolute Gasteiger partial charge is 0.467 e. The zero-order chi connectivity index (χ0) is 16.9. The van der Waals surface area contributed by atoms with Crippen LogP contribution in [-0.2, 0) is 9.53 Å². The summed E-state index contributed by atoms with van der Waals surface area (Å²) in [5.74, 6) is -6.71. The molecule has 0 aromatic heterocycles. The van der Waals surface area contributed by atoms with Gasteiger partial charge in [0, 0.05) is 24.5 Å². The van der Waals surface area contributed by atoms with Crippen molar-refractivity contribution in [3.05, 3.63) is 35.1 Å². The first-order valence-electron chi connectivity index (χ1n) is 6.22. The van der Waals surface area contributed by atoms with Crippen molar-refractivity contribution in [3.8, 4) is 6.07 Å². The number of benzene rings is 1. The van der Waals surface area contributed by atoms with E-state index in [1.807, 2.05) is 6.07 Å². The standard InChI is InChI=1S/C14H13F3N2O3/c1-7(3-4-18)12(14(21)22-2)19-13(20)11-9(16)5-8(15)6-10(11)17/h5-7,12H,3H2,1-2H3,(H,19,20)/t7-,12-/m1/s1. The van der Waals surface area contributed by atoms with Gasteiger partial charge in [-0.05, 0) is 0 Å². The van der Waals surface area contributed by atoms with Crippen LogP contribution in [0.1, 0.15) is 23.7 Å². The molecule has 0 bridgehead atoms. The van der Waals surface area contributed by atoms with E-state index in [-0.39, 0.29) is 6.42 Å². The summed E-state index contributed by atoms with van der Waals surface area (Å²) in [6.07, 6.45) is -0.0889. The van der Waals surface area contributed by atoms with Gasteiger partial charge >= 0.3 is 5.97 Å². The van der Waals surface area contributed by atoms with Crippen LogP contribution in [-0.4, -0.2) is 25.0 Å². The highest BCUT2D eigenvalue weighted by Crippen LogP contribution is 2.16. The number of carbonyl (C=O) groups excluding carboxylic acids is 2. The quantitative estimate of drug-likeness (QED) is 0.842. The molecule has 0 aliphatic heterocycles.